The van der Waals surface area contributed by atoms with Gasteiger partial charge in [0.05, 0.1) is 40.7 Å². The third kappa shape index (κ3) is 19.4. The van der Waals surface area contributed by atoms with E-state index in [1.807, 2.05) is 111 Å². The Labute approximate surface area is 532 Å². The van der Waals surface area contributed by atoms with Crippen LogP contribution in [-0.4, -0.2) is 39.7 Å². The number of esters is 1. The Morgan fingerprint density at radius 2 is 1.09 bits per heavy atom. The van der Waals surface area contributed by atoms with Crippen LogP contribution in [0.2, 0.25) is 10.0 Å². The van der Waals surface area contributed by atoms with Crippen molar-refractivity contribution in [2.75, 3.05) is 18.6 Å². The third-order valence-corrected chi connectivity index (χ3v) is 17.8. The van der Waals surface area contributed by atoms with Crippen molar-refractivity contribution in [1.29, 1.82) is 0 Å². The summed E-state index contributed by atoms with van der Waals surface area (Å²) in [7, 11) is 1.43. The van der Waals surface area contributed by atoms with Gasteiger partial charge in [-0.25, -0.2) is 14.8 Å². The second kappa shape index (κ2) is 29.7. The molecule has 6 aromatic carbocycles. The number of aliphatic hydroxyl groups is 1. The molecule has 0 saturated carbocycles. The average Bonchev–Trinajstić information content (AvgIpc) is 3.42. The van der Waals surface area contributed by atoms with Crippen molar-refractivity contribution in [3.05, 3.63) is 231 Å². The van der Waals surface area contributed by atoms with Crippen LogP contribution >= 0.6 is 46.7 Å². The minimum absolute atomic E-state index is 0. The molecule has 0 aliphatic heterocycles. The van der Waals surface area contributed by atoms with Crippen LogP contribution in [0.25, 0.3) is 46.1 Å². The van der Waals surface area contributed by atoms with Crippen molar-refractivity contribution < 1.29 is 72.8 Å². The molecule has 400 valence electrons. The zero-order chi connectivity index (χ0) is 55.2. The van der Waals surface area contributed by atoms with Gasteiger partial charge in [0.15, 0.2) is 0 Å². The molecular weight excluding hydrogens is 1110 g/mol. The van der Waals surface area contributed by atoms with Gasteiger partial charge in [-0.1, -0.05) is 192 Å². The van der Waals surface area contributed by atoms with Gasteiger partial charge in [0.1, 0.15) is 0 Å². The molecule has 0 aliphatic rings. The summed E-state index contributed by atoms with van der Waals surface area (Å²) in [5, 5.41) is 14.9. The molecular formula is C68H73Cl2N2O3RbS2. The van der Waals surface area contributed by atoms with Crippen molar-refractivity contribution in [1.82, 2.24) is 9.97 Å². The Hall–Kier alpha value is -3.86. The molecule has 5 nitrogen and oxygen atoms in total. The molecule has 0 saturated heterocycles. The number of carbonyl (C=O) groups excluding carboxylic acids is 1. The van der Waals surface area contributed by atoms with E-state index < -0.39 is 5.60 Å². The van der Waals surface area contributed by atoms with E-state index in [2.05, 4.69) is 150 Å². The third-order valence-electron chi connectivity index (χ3n) is 13.6. The number of aryl methyl sites for hydroxylation is 2. The van der Waals surface area contributed by atoms with Gasteiger partial charge in [0, 0.05) is 31.3 Å². The molecule has 0 spiro atoms. The number of carbonyl (C=O) groups is 1. The van der Waals surface area contributed by atoms with E-state index in [1.54, 1.807) is 0 Å². The maximum Gasteiger partial charge on any atom is 1.00 e. The van der Waals surface area contributed by atoms with Gasteiger partial charge in [0.2, 0.25) is 0 Å². The molecule has 1 N–H and O–H groups in total. The minimum Gasteiger partial charge on any atom is -0.465 e. The van der Waals surface area contributed by atoms with Gasteiger partial charge in [-0.3, -0.25) is 0 Å². The zero-order valence-electron chi connectivity index (χ0n) is 46.9. The zero-order valence-corrected chi connectivity index (χ0v) is 54.9. The number of methoxy groups -OCH3 is 1. The maximum absolute atomic E-state index is 12.3. The number of hydrogen-bond donors (Lipinski definition) is 1. The van der Waals surface area contributed by atoms with Gasteiger partial charge in [-0.05, 0) is 150 Å². The molecule has 0 bridgehead atoms. The number of ether oxygens (including phenoxy) is 1. The number of thioether (sulfide) groups is 2. The first kappa shape index (κ1) is 63.3. The molecule has 2 aromatic heterocycles. The minimum atomic E-state index is -0.851. The number of hydrogen-bond acceptors (Lipinski definition) is 7. The van der Waals surface area contributed by atoms with Gasteiger partial charge >= 0.3 is 64.2 Å². The molecule has 2 atom stereocenters. The normalized spacial score (nSPS) is 12.8. The number of benzene rings is 6. The predicted octanol–water partition coefficient (Wildman–Crippen LogP) is 16.2. The number of nitrogens with zero attached hydrogens (tertiary/aromatic N) is 2. The Morgan fingerprint density at radius 1 is 0.615 bits per heavy atom. The van der Waals surface area contributed by atoms with Gasteiger partial charge in [-0.15, -0.1) is 0 Å². The molecule has 2 heterocycles. The second-order valence-corrected chi connectivity index (χ2v) is 25.1. The van der Waals surface area contributed by atoms with Crippen LogP contribution in [0.1, 0.15) is 139 Å². The van der Waals surface area contributed by atoms with Gasteiger partial charge in [0.25, 0.3) is 0 Å². The van der Waals surface area contributed by atoms with E-state index in [9.17, 15) is 9.90 Å². The van der Waals surface area contributed by atoms with Crippen molar-refractivity contribution in [3.8, 4) is 0 Å². The molecule has 8 rings (SSSR count). The predicted molar refractivity (Wildman–Crippen MR) is 334 cm³/mol. The summed E-state index contributed by atoms with van der Waals surface area (Å²) in [6.07, 6.45) is 13.1. The molecule has 0 radical (unpaired) electrons. The monoisotopic (exact) mass is 1180 g/mol. The van der Waals surface area contributed by atoms with Crippen molar-refractivity contribution in [3.63, 3.8) is 0 Å². The van der Waals surface area contributed by atoms with Crippen LogP contribution in [0, 0.1) is 17.8 Å². The molecule has 0 fully saturated rings. The average molecular weight is 1190 g/mol. The Kier molecular flexibility index (Phi) is 24.1. The quantitative estimate of drug-likeness (QED) is 0.0568. The number of fused-ring (bicyclic) bond motifs is 2. The first-order chi connectivity index (χ1) is 36.8. The van der Waals surface area contributed by atoms with Crippen LogP contribution in [0.5, 0.6) is 0 Å². The summed E-state index contributed by atoms with van der Waals surface area (Å²) in [6, 6.07) is 53.3. The SMILES string of the molecule is CCC(C)(C)CSC(CCc1ccccc1C(C)(C)O)c1cccc(/C=C/c2ccc3ccc(Cl)cc3n2)c1.[CH2-]C(C)(C)CSC(CCc1ccccc1C(=O)OC)c1cccc(/C=C/c2ccc3ccc(Cl)cc3n2)c1.[Rb+]. The van der Waals surface area contributed by atoms with E-state index in [-0.39, 0.29) is 80.2 Å². The maximum atomic E-state index is 12.3. The van der Waals surface area contributed by atoms with Crippen LogP contribution in [0.3, 0.4) is 0 Å². The first-order valence-corrected chi connectivity index (χ1v) is 29.4. The summed E-state index contributed by atoms with van der Waals surface area (Å²) >= 11 is 16.3. The summed E-state index contributed by atoms with van der Waals surface area (Å²) in [6.45, 7) is 19.3. The topological polar surface area (TPSA) is 72.3 Å². The van der Waals surface area contributed by atoms with E-state index in [0.29, 0.717) is 20.9 Å². The summed E-state index contributed by atoms with van der Waals surface area (Å²) in [4.78, 5) is 21.8. The second-order valence-electron chi connectivity index (χ2n) is 21.9. The van der Waals surface area contributed by atoms with Crippen molar-refractivity contribution in [2.45, 2.75) is 96.7 Å². The van der Waals surface area contributed by atoms with Crippen LogP contribution < -0.4 is 58.2 Å². The molecule has 10 heteroatoms. The van der Waals surface area contributed by atoms with Crippen LogP contribution in [0.15, 0.2) is 158 Å². The number of halogens is 2. The van der Waals surface area contributed by atoms with Gasteiger partial charge in [-0.2, -0.15) is 28.9 Å². The molecule has 78 heavy (non-hydrogen) atoms. The fraction of sp³-hybridized carbons (Fsp3) is 0.294. The van der Waals surface area contributed by atoms with E-state index >= 15 is 0 Å². The largest absolute Gasteiger partial charge is 1.00 e. The summed E-state index contributed by atoms with van der Waals surface area (Å²) in [5.74, 6) is 1.74. The number of pyridine rings is 2. The van der Waals surface area contributed by atoms with Gasteiger partial charge < -0.3 is 16.8 Å². The molecule has 2 unspecified atom stereocenters. The van der Waals surface area contributed by atoms with Crippen molar-refractivity contribution in [2.24, 2.45) is 10.8 Å². The molecule has 8 aromatic rings. The Balaban J connectivity index is 0.000000249. The molecule has 0 amide bonds. The van der Waals surface area contributed by atoms with E-state index in [1.165, 1.54) is 23.8 Å². The van der Waals surface area contributed by atoms with Crippen LogP contribution in [-0.2, 0) is 23.2 Å². The van der Waals surface area contributed by atoms with E-state index in [0.717, 1.165) is 99.1 Å². The van der Waals surface area contributed by atoms with Crippen molar-refractivity contribution >= 4 is 98.8 Å². The summed E-state index contributed by atoms with van der Waals surface area (Å²) < 4.78 is 5.00. The first-order valence-electron chi connectivity index (χ1n) is 26.5. The standard InChI is InChI=1S/C35H40ClNOS.C33H33ClNO2S.Rb/c1-6-34(2,3)24-39-33(21-17-26-11-7-8-13-31(26)35(4,5)38)28-12-9-10-25(22-28)14-19-30-20-16-27-15-18-29(36)23-32(27)37-30;1-33(2,3)22-38-31(19-15-24-9-5-6-11-29(24)32(36)37-4)26-10-7-8-23(20-26)12-17-28-18-14-25-13-16-27(34)21-30(25)35-28;/h7-16,18-20,22-23,33,38H,6,17,21,24H2,1-5H3;5-14,16-18,20-21,31H,1,15,19,22H2,2-4H3;/q;-1;+1/b19-14+;17-12+;. The molecule has 0 aliphatic carbocycles. The van der Waals surface area contributed by atoms with E-state index in [4.69, 9.17) is 37.9 Å². The Morgan fingerprint density at radius 3 is 1.59 bits per heavy atom. The van der Waals surface area contributed by atoms with Crippen LogP contribution in [0.4, 0.5) is 0 Å². The number of aromatic nitrogens is 2. The fourth-order valence-electron chi connectivity index (χ4n) is 8.89. The smallest absolute Gasteiger partial charge is 0.465 e. The number of rotatable bonds is 21. The Bertz CT molecular complexity index is 3330. The fourth-order valence-corrected chi connectivity index (χ4v) is 12.0. The summed E-state index contributed by atoms with van der Waals surface area (Å²) in [5.41, 5.74) is 11.8.